The highest BCUT2D eigenvalue weighted by Crippen LogP contribution is 2.46. The van der Waals surface area contributed by atoms with Gasteiger partial charge in [0.15, 0.2) is 0 Å². The molecular weight excluding hydrogens is 327 g/mol. The van der Waals surface area contributed by atoms with Crippen LogP contribution in [0.4, 0.5) is 0 Å². The molecule has 0 unspecified atom stereocenters. The molecule has 2 aromatic carbocycles. The average Bonchev–Trinajstić information content (AvgIpc) is 2.54. The van der Waals surface area contributed by atoms with Gasteiger partial charge in [-0.2, -0.15) is 5.26 Å². The van der Waals surface area contributed by atoms with Gasteiger partial charge in [-0.25, -0.2) is 5.09 Å². The zero-order chi connectivity index (χ0) is 18.9. The summed E-state index contributed by atoms with van der Waals surface area (Å²) in [6, 6.07) is 17.8. The fourth-order valence-corrected chi connectivity index (χ4v) is 6.01. The Balaban J connectivity index is 2.76. The summed E-state index contributed by atoms with van der Waals surface area (Å²) >= 11 is 0. The van der Waals surface area contributed by atoms with Gasteiger partial charge in [-0.3, -0.25) is 4.57 Å². The molecule has 132 valence electrons. The zero-order valence-corrected chi connectivity index (χ0v) is 16.8. The third kappa shape index (κ3) is 3.56. The number of hydrogen-bond donors (Lipinski definition) is 1. The van der Waals surface area contributed by atoms with Gasteiger partial charge in [0, 0.05) is 10.6 Å². The summed E-state index contributed by atoms with van der Waals surface area (Å²) in [6.07, 6.45) is 0. The Morgan fingerprint density at radius 2 is 1.28 bits per heavy atom. The molecule has 0 spiro atoms. The molecule has 0 aliphatic carbocycles. The van der Waals surface area contributed by atoms with Crippen LogP contribution in [-0.4, -0.2) is 5.54 Å². The molecule has 0 saturated carbocycles. The Morgan fingerprint density at radius 3 is 1.60 bits per heavy atom. The van der Waals surface area contributed by atoms with Crippen molar-refractivity contribution in [1.29, 1.82) is 5.26 Å². The number of benzene rings is 2. The number of rotatable bonds is 4. The van der Waals surface area contributed by atoms with Crippen molar-refractivity contribution in [2.24, 2.45) is 5.41 Å². The Labute approximate surface area is 151 Å². The lowest BCUT2D eigenvalue weighted by molar-refractivity contribution is 0.248. The van der Waals surface area contributed by atoms with Gasteiger partial charge in [0.1, 0.15) is 5.54 Å². The van der Waals surface area contributed by atoms with Crippen molar-refractivity contribution in [2.45, 2.75) is 47.1 Å². The number of nitrogens with zero attached hydrogens (tertiary/aromatic N) is 1. The zero-order valence-electron chi connectivity index (χ0n) is 15.9. The molecule has 1 N–H and O–H groups in total. The second-order valence-electron chi connectivity index (χ2n) is 7.78. The minimum absolute atomic E-state index is 0.386. The number of nitrogens with one attached hydrogen (secondary N) is 1. The Bertz CT molecular complexity index is 811. The molecule has 25 heavy (non-hydrogen) atoms. The van der Waals surface area contributed by atoms with E-state index in [1.54, 1.807) is 0 Å². The van der Waals surface area contributed by atoms with Crippen LogP contribution in [0.3, 0.4) is 0 Å². The molecular formula is C21H27N2OP. The van der Waals surface area contributed by atoms with Gasteiger partial charge >= 0.3 is 0 Å². The average molecular weight is 354 g/mol. The molecule has 1 atom stereocenters. The second-order valence-corrected chi connectivity index (χ2v) is 10.2. The van der Waals surface area contributed by atoms with E-state index in [-0.39, 0.29) is 5.41 Å². The summed E-state index contributed by atoms with van der Waals surface area (Å²) in [5.41, 5.74) is 0.571. The molecule has 0 saturated heterocycles. The minimum Gasteiger partial charge on any atom is -0.296 e. The van der Waals surface area contributed by atoms with Crippen LogP contribution in [0, 0.1) is 30.6 Å². The topological polar surface area (TPSA) is 52.9 Å². The third-order valence-corrected chi connectivity index (χ3v) is 8.14. The Morgan fingerprint density at radius 1 is 0.880 bits per heavy atom. The Kier molecular flexibility index (Phi) is 5.28. The lowest BCUT2D eigenvalue weighted by Gasteiger charge is -2.40. The van der Waals surface area contributed by atoms with Gasteiger partial charge < -0.3 is 0 Å². The van der Waals surface area contributed by atoms with Crippen molar-refractivity contribution < 1.29 is 4.57 Å². The third-order valence-electron chi connectivity index (χ3n) is 5.01. The Hall–Kier alpha value is -1.88. The molecule has 0 bridgehead atoms. The smallest absolute Gasteiger partial charge is 0.206 e. The van der Waals surface area contributed by atoms with E-state index in [2.05, 4.69) is 11.2 Å². The molecule has 0 aromatic heterocycles. The van der Waals surface area contributed by atoms with E-state index in [1.807, 2.05) is 90.1 Å². The van der Waals surface area contributed by atoms with Crippen LogP contribution in [0.1, 0.15) is 38.8 Å². The van der Waals surface area contributed by atoms with Crippen LogP contribution in [-0.2, 0) is 4.57 Å². The first-order valence-corrected chi connectivity index (χ1v) is 10.2. The van der Waals surface area contributed by atoms with Crippen LogP contribution in [0.15, 0.2) is 48.5 Å². The molecule has 3 nitrogen and oxygen atoms in total. The van der Waals surface area contributed by atoms with Crippen molar-refractivity contribution >= 4 is 17.9 Å². The second kappa shape index (κ2) is 6.79. The van der Waals surface area contributed by atoms with Crippen molar-refractivity contribution in [3.63, 3.8) is 0 Å². The van der Waals surface area contributed by atoms with E-state index in [4.69, 9.17) is 0 Å². The normalized spacial score (nSPS) is 14.6. The van der Waals surface area contributed by atoms with E-state index >= 15 is 0 Å². The van der Waals surface area contributed by atoms with E-state index < -0.39 is 12.8 Å². The highest BCUT2D eigenvalue weighted by atomic mass is 31.2. The fourth-order valence-electron chi connectivity index (χ4n) is 2.76. The molecule has 0 radical (unpaired) electrons. The van der Waals surface area contributed by atoms with Crippen molar-refractivity contribution in [3.8, 4) is 6.07 Å². The SMILES string of the molecule is Cc1ccccc1P(=O)(N[C@](C)(C#N)C(C)(C)C)c1ccccc1C. The van der Waals surface area contributed by atoms with E-state index in [0.29, 0.717) is 0 Å². The minimum atomic E-state index is -3.21. The molecule has 0 aliphatic heterocycles. The fraction of sp³-hybridized carbons (Fsp3) is 0.381. The number of hydrogen-bond acceptors (Lipinski definition) is 2. The summed E-state index contributed by atoms with van der Waals surface area (Å²) in [4.78, 5) is 0. The van der Waals surface area contributed by atoms with Crippen LogP contribution in [0.25, 0.3) is 0 Å². The lowest BCUT2D eigenvalue weighted by atomic mass is 9.77. The van der Waals surface area contributed by atoms with Gasteiger partial charge in [-0.15, -0.1) is 0 Å². The van der Waals surface area contributed by atoms with Crippen LogP contribution in [0.2, 0.25) is 0 Å². The first-order valence-electron chi connectivity index (χ1n) is 8.48. The lowest BCUT2D eigenvalue weighted by Crippen LogP contribution is -2.52. The van der Waals surface area contributed by atoms with Crippen molar-refractivity contribution in [2.75, 3.05) is 0 Å². The van der Waals surface area contributed by atoms with Crippen LogP contribution in [0.5, 0.6) is 0 Å². The van der Waals surface area contributed by atoms with E-state index in [0.717, 1.165) is 21.7 Å². The maximum atomic E-state index is 14.4. The summed E-state index contributed by atoms with van der Waals surface area (Å²) in [5.74, 6) is 0. The maximum absolute atomic E-state index is 14.4. The maximum Gasteiger partial charge on any atom is 0.206 e. The monoisotopic (exact) mass is 354 g/mol. The molecule has 0 fully saturated rings. The van der Waals surface area contributed by atoms with Gasteiger partial charge in [0.05, 0.1) is 6.07 Å². The molecule has 0 aliphatic rings. The molecule has 2 rings (SSSR count). The highest BCUT2D eigenvalue weighted by molar-refractivity contribution is 7.77. The van der Waals surface area contributed by atoms with E-state index in [1.165, 1.54) is 0 Å². The van der Waals surface area contributed by atoms with Crippen molar-refractivity contribution in [3.05, 3.63) is 59.7 Å². The predicted octanol–water partition coefficient (Wildman–Crippen LogP) is 4.45. The quantitative estimate of drug-likeness (QED) is 0.825. The highest BCUT2D eigenvalue weighted by Gasteiger charge is 2.44. The van der Waals surface area contributed by atoms with Gasteiger partial charge in [0.25, 0.3) is 0 Å². The van der Waals surface area contributed by atoms with Crippen LogP contribution >= 0.6 is 7.29 Å². The van der Waals surface area contributed by atoms with Gasteiger partial charge in [0.2, 0.25) is 7.29 Å². The summed E-state index contributed by atoms with van der Waals surface area (Å²) in [6.45, 7) is 11.7. The molecule has 0 amide bonds. The first-order chi connectivity index (χ1) is 11.5. The number of nitriles is 1. The largest absolute Gasteiger partial charge is 0.296 e. The number of aryl methyl sites for hydroxylation is 2. The van der Waals surface area contributed by atoms with Gasteiger partial charge in [-0.1, -0.05) is 57.2 Å². The van der Waals surface area contributed by atoms with Gasteiger partial charge in [-0.05, 0) is 49.4 Å². The molecule has 4 heteroatoms. The molecule has 2 aromatic rings. The van der Waals surface area contributed by atoms with Crippen molar-refractivity contribution in [1.82, 2.24) is 5.09 Å². The summed E-state index contributed by atoms with van der Waals surface area (Å²) in [5, 5.41) is 14.7. The predicted molar refractivity (Wildman–Crippen MR) is 106 cm³/mol. The van der Waals surface area contributed by atoms with E-state index in [9.17, 15) is 9.83 Å². The molecule has 0 heterocycles. The first kappa shape index (κ1) is 19.4. The van der Waals surface area contributed by atoms with Crippen LogP contribution < -0.4 is 15.7 Å². The summed E-state index contributed by atoms with van der Waals surface area (Å²) in [7, 11) is -3.21. The standard InChI is InChI=1S/C21H27N2OP/c1-16-11-7-9-13-18(16)25(24,19-14-10-8-12-17(19)2)23-21(6,15-22)20(3,4)5/h7-14H,1-6H3,(H,23,24)/t21-/m1/s1. The summed E-state index contributed by atoms with van der Waals surface area (Å²) < 4.78 is 14.4.